The number of aliphatic hydroxyl groups is 1. The van der Waals surface area contributed by atoms with Crippen LogP contribution in [0.15, 0.2) is 0 Å². The summed E-state index contributed by atoms with van der Waals surface area (Å²) in [5.41, 5.74) is -1.14. The molecular weight excluding hydrogens is 244 g/mol. The molecule has 0 radical (unpaired) electrons. The standard InChI is InChI=1S/C14H26N2O3/c1-12(2,3)19-11(18)16-13(4)6-10(7-17)14(16,5)9-15-8-13/h10,15,17H,6-9H2,1-5H3. The van der Waals surface area contributed by atoms with Crippen LogP contribution in [0.1, 0.15) is 41.0 Å². The van der Waals surface area contributed by atoms with Gasteiger partial charge in [-0.05, 0) is 41.0 Å². The number of aliphatic hydroxyl groups excluding tert-OH is 1. The summed E-state index contributed by atoms with van der Waals surface area (Å²) in [6.07, 6.45) is 0.543. The second kappa shape index (κ2) is 4.35. The highest BCUT2D eigenvalue weighted by Crippen LogP contribution is 2.47. The summed E-state index contributed by atoms with van der Waals surface area (Å²) >= 11 is 0. The summed E-state index contributed by atoms with van der Waals surface area (Å²) in [4.78, 5) is 14.4. The lowest BCUT2D eigenvalue weighted by atomic mass is 9.87. The molecule has 1 amide bonds. The van der Waals surface area contributed by atoms with Gasteiger partial charge in [-0.15, -0.1) is 0 Å². The third kappa shape index (κ3) is 2.34. The molecule has 2 saturated heterocycles. The summed E-state index contributed by atoms with van der Waals surface area (Å²) < 4.78 is 5.56. The van der Waals surface area contributed by atoms with Gasteiger partial charge in [0.1, 0.15) is 5.60 Å². The Hall–Kier alpha value is -0.810. The lowest BCUT2D eigenvalue weighted by Crippen LogP contribution is -2.67. The maximum absolute atomic E-state index is 12.5. The van der Waals surface area contributed by atoms with Crippen molar-refractivity contribution < 1.29 is 14.6 Å². The summed E-state index contributed by atoms with van der Waals surface area (Å²) in [7, 11) is 0. The Morgan fingerprint density at radius 1 is 1.42 bits per heavy atom. The van der Waals surface area contributed by atoms with Crippen LogP contribution < -0.4 is 5.32 Å². The first-order valence-corrected chi connectivity index (χ1v) is 6.97. The monoisotopic (exact) mass is 270 g/mol. The van der Waals surface area contributed by atoms with Gasteiger partial charge in [-0.25, -0.2) is 4.79 Å². The lowest BCUT2D eigenvalue weighted by molar-refractivity contribution is -0.0329. The molecule has 2 fully saturated rings. The molecule has 19 heavy (non-hydrogen) atoms. The van der Waals surface area contributed by atoms with Crippen molar-refractivity contribution in [1.29, 1.82) is 0 Å². The van der Waals surface area contributed by atoms with Gasteiger partial charge in [-0.1, -0.05) is 0 Å². The molecule has 0 aliphatic carbocycles. The van der Waals surface area contributed by atoms with E-state index in [0.29, 0.717) is 6.54 Å². The Kier molecular flexibility index (Phi) is 3.34. The Labute approximate surface area is 115 Å². The van der Waals surface area contributed by atoms with E-state index in [0.717, 1.165) is 13.0 Å². The van der Waals surface area contributed by atoms with E-state index < -0.39 is 5.60 Å². The maximum atomic E-state index is 12.5. The number of ether oxygens (including phenoxy) is 1. The molecule has 0 saturated carbocycles. The molecule has 0 aromatic heterocycles. The van der Waals surface area contributed by atoms with Crippen molar-refractivity contribution in [3.05, 3.63) is 0 Å². The van der Waals surface area contributed by atoms with Crippen molar-refractivity contribution in [3.8, 4) is 0 Å². The van der Waals surface area contributed by atoms with E-state index in [9.17, 15) is 9.90 Å². The Morgan fingerprint density at radius 3 is 2.58 bits per heavy atom. The van der Waals surface area contributed by atoms with Gasteiger partial charge in [-0.2, -0.15) is 0 Å². The number of hydrogen-bond acceptors (Lipinski definition) is 4. The zero-order valence-electron chi connectivity index (χ0n) is 12.6. The van der Waals surface area contributed by atoms with Crippen LogP contribution in [0, 0.1) is 5.92 Å². The molecule has 2 rings (SSSR count). The van der Waals surface area contributed by atoms with Gasteiger partial charge in [0.15, 0.2) is 0 Å². The molecule has 3 atom stereocenters. The fourth-order valence-electron chi connectivity index (χ4n) is 3.60. The van der Waals surface area contributed by atoms with Crippen LogP contribution in [0.5, 0.6) is 0 Å². The molecule has 0 aromatic carbocycles. The number of fused-ring (bicyclic) bond motifs is 2. The van der Waals surface area contributed by atoms with E-state index >= 15 is 0 Å². The Morgan fingerprint density at radius 2 is 2.05 bits per heavy atom. The normalized spacial score (nSPS) is 38.4. The molecule has 2 N–H and O–H groups in total. The van der Waals surface area contributed by atoms with Crippen LogP contribution in [0.25, 0.3) is 0 Å². The molecule has 0 aromatic rings. The van der Waals surface area contributed by atoms with Crippen LogP contribution >= 0.6 is 0 Å². The van der Waals surface area contributed by atoms with E-state index in [-0.39, 0.29) is 29.7 Å². The average Bonchev–Trinajstić information content (AvgIpc) is 2.35. The van der Waals surface area contributed by atoms with Gasteiger partial charge in [0, 0.05) is 25.6 Å². The molecule has 0 spiro atoms. The van der Waals surface area contributed by atoms with Crippen LogP contribution in [-0.2, 0) is 4.74 Å². The summed E-state index contributed by atoms with van der Waals surface area (Å²) in [6.45, 7) is 11.3. The molecule has 2 aliphatic rings. The number of hydrogen-bond donors (Lipinski definition) is 2. The highest BCUT2D eigenvalue weighted by atomic mass is 16.6. The summed E-state index contributed by atoms with van der Waals surface area (Å²) in [5, 5.41) is 13.0. The highest BCUT2D eigenvalue weighted by Gasteiger charge is 2.60. The van der Waals surface area contributed by atoms with Crippen molar-refractivity contribution in [1.82, 2.24) is 10.2 Å². The summed E-state index contributed by atoms with van der Waals surface area (Å²) in [6, 6.07) is 0. The molecule has 2 aliphatic heterocycles. The number of nitrogens with one attached hydrogen (secondary N) is 1. The van der Waals surface area contributed by atoms with E-state index in [2.05, 4.69) is 12.2 Å². The predicted octanol–water partition coefficient (Wildman–Crippen LogP) is 1.36. The third-order valence-corrected chi connectivity index (χ3v) is 4.40. The van der Waals surface area contributed by atoms with E-state index in [4.69, 9.17) is 4.74 Å². The molecule has 110 valence electrons. The van der Waals surface area contributed by atoms with Gasteiger partial charge >= 0.3 is 6.09 Å². The zero-order chi connectivity index (χ0) is 14.5. The minimum atomic E-state index is -0.497. The molecule has 2 heterocycles. The van der Waals surface area contributed by atoms with Gasteiger partial charge < -0.3 is 15.2 Å². The summed E-state index contributed by atoms with van der Waals surface area (Å²) in [5.74, 6) is 0.0972. The van der Waals surface area contributed by atoms with Gasteiger partial charge in [-0.3, -0.25) is 4.90 Å². The fraction of sp³-hybridized carbons (Fsp3) is 0.929. The number of carbonyl (C=O) groups excluding carboxylic acids is 1. The van der Waals surface area contributed by atoms with Crippen LogP contribution in [0.3, 0.4) is 0 Å². The molecule has 5 nitrogen and oxygen atoms in total. The van der Waals surface area contributed by atoms with E-state index in [1.807, 2.05) is 32.6 Å². The van der Waals surface area contributed by atoms with Crippen LogP contribution in [0.2, 0.25) is 0 Å². The number of amides is 1. The third-order valence-electron chi connectivity index (χ3n) is 4.40. The van der Waals surface area contributed by atoms with Gasteiger partial charge in [0.05, 0.1) is 11.1 Å². The van der Waals surface area contributed by atoms with Crippen molar-refractivity contribution in [3.63, 3.8) is 0 Å². The van der Waals surface area contributed by atoms with Gasteiger partial charge in [0.2, 0.25) is 0 Å². The number of nitrogens with zero attached hydrogens (tertiary/aromatic N) is 1. The first-order valence-electron chi connectivity index (χ1n) is 6.97. The second-order valence-electron chi connectivity index (χ2n) is 7.36. The van der Waals surface area contributed by atoms with E-state index in [1.54, 1.807) is 0 Å². The van der Waals surface area contributed by atoms with Crippen LogP contribution in [-0.4, -0.2) is 52.5 Å². The van der Waals surface area contributed by atoms with Crippen molar-refractivity contribution in [2.45, 2.75) is 57.7 Å². The average molecular weight is 270 g/mol. The maximum Gasteiger partial charge on any atom is 0.411 e. The van der Waals surface area contributed by atoms with Crippen LogP contribution in [0.4, 0.5) is 4.79 Å². The minimum Gasteiger partial charge on any atom is -0.444 e. The number of rotatable bonds is 1. The topological polar surface area (TPSA) is 61.8 Å². The van der Waals surface area contributed by atoms with Crippen molar-refractivity contribution >= 4 is 6.09 Å². The molecule has 2 bridgehead atoms. The lowest BCUT2D eigenvalue weighted by Gasteiger charge is -2.49. The predicted molar refractivity (Wildman–Crippen MR) is 72.9 cm³/mol. The smallest absolute Gasteiger partial charge is 0.411 e. The first kappa shape index (κ1) is 14.6. The number of piperazine rings is 1. The quantitative estimate of drug-likeness (QED) is 0.755. The molecular formula is C14H26N2O3. The minimum absolute atomic E-state index is 0.0972. The zero-order valence-corrected chi connectivity index (χ0v) is 12.6. The molecule has 3 unspecified atom stereocenters. The van der Waals surface area contributed by atoms with Crippen molar-refractivity contribution in [2.75, 3.05) is 19.7 Å². The number of carbonyl (C=O) groups is 1. The van der Waals surface area contributed by atoms with Crippen molar-refractivity contribution in [2.24, 2.45) is 5.92 Å². The highest BCUT2D eigenvalue weighted by molar-refractivity contribution is 5.71. The largest absolute Gasteiger partial charge is 0.444 e. The van der Waals surface area contributed by atoms with E-state index in [1.165, 1.54) is 0 Å². The van der Waals surface area contributed by atoms with Gasteiger partial charge in [0.25, 0.3) is 0 Å². The first-order chi connectivity index (χ1) is 8.62. The fourth-order valence-corrected chi connectivity index (χ4v) is 3.60. The SMILES string of the molecule is CC(C)(C)OC(=O)N1C2(C)CNCC1(C)C(CO)C2. The second-order valence-corrected chi connectivity index (χ2v) is 7.36. The Bertz CT molecular complexity index is 379. The Balaban J connectivity index is 2.30. The molecule has 5 heteroatoms.